The highest BCUT2D eigenvalue weighted by Gasteiger charge is 2.30. The molecule has 0 saturated heterocycles. The van der Waals surface area contributed by atoms with Crippen LogP contribution in [-0.2, 0) is 37.1 Å². The maximum Gasteiger partial charge on any atom is 0.341 e. The summed E-state index contributed by atoms with van der Waals surface area (Å²) in [5, 5.41) is 20.4. The molecule has 0 spiro atoms. The van der Waals surface area contributed by atoms with Crippen LogP contribution in [0.5, 0.6) is 5.75 Å². The number of carbonyl (C=O) groups is 2. The van der Waals surface area contributed by atoms with Crippen molar-refractivity contribution in [1.29, 1.82) is 0 Å². The number of ether oxygens (including phenoxy) is 1. The van der Waals surface area contributed by atoms with Crippen molar-refractivity contribution >= 4 is 39.7 Å². The van der Waals surface area contributed by atoms with Gasteiger partial charge in [0.15, 0.2) is 0 Å². The van der Waals surface area contributed by atoms with E-state index < -0.39 is 5.60 Å². The number of fused-ring (bicyclic) bond motifs is 2. The Morgan fingerprint density at radius 1 is 1.05 bits per heavy atom. The average molecular weight is 540 g/mol. The number of phenols is 1. The highest BCUT2D eigenvalue weighted by molar-refractivity contribution is 7.17. The molecule has 0 atom stereocenters. The molecule has 0 fully saturated rings. The van der Waals surface area contributed by atoms with Gasteiger partial charge in [-0.05, 0) is 88.2 Å². The Balaban J connectivity index is 1.39. The maximum absolute atomic E-state index is 13.1. The normalized spacial score (nSPS) is 15.0. The quantitative estimate of drug-likeness (QED) is 0.299. The number of thiophene rings is 2. The summed E-state index contributed by atoms with van der Waals surface area (Å²) in [6, 6.07) is 6.95. The minimum absolute atomic E-state index is 0.228. The molecule has 1 aliphatic heterocycles. The van der Waals surface area contributed by atoms with Crippen molar-refractivity contribution in [2.75, 3.05) is 11.9 Å². The van der Waals surface area contributed by atoms with Crippen LogP contribution in [0.4, 0.5) is 9.80 Å². The van der Waals surface area contributed by atoms with Gasteiger partial charge in [0.2, 0.25) is 0 Å². The number of aryl methyl sites for hydroxylation is 1. The van der Waals surface area contributed by atoms with Gasteiger partial charge in [-0.1, -0.05) is 12.1 Å². The minimum atomic E-state index is -0.619. The number of aromatic hydroxyl groups is 1. The molecular weight excluding hydrogens is 506 g/mol. The van der Waals surface area contributed by atoms with Gasteiger partial charge < -0.3 is 20.5 Å². The van der Waals surface area contributed by atoms with Crippen molar-refractivity contribution in [3.63, 3.8) is 0 Å². The van der Waals surface area contributed by atoms with Gasteiger partial charge in [0.25, 0.3) is 0 Å². The first kappa shape index (κ1) is 25.8. The standard InChI is InChI=1S/C28H33N3O4S2/c1-28(2,3)35-26(33)23-18-9-5-7-11-21(18)37-25(23)31-27(34)30-14-19-16-12-13-29-15-22(16)36-24(19)17-8-4-6-10-20(17)32/h4,6,8,10,29,32H,5,7,9,11-15H2,1-3H3,(H2,30,31,34). The molecular formula is C28H33N3O4S2. The SMILES string of the molecule is CC(C)(C)OC(=O)c1c(NC(=O)NCc2c(-c3ccccc3O)sc3c2CCNC3)sc2c1CCCC2. The van der Waals surface area contributed by atoms with E-state index in [1.807, 2.05) is 39.0 Å². The van der Waals surface area contributed by atoms with Gasteiger partial charge in [-0.15, -0.1) is 22.7 Å². The summed E-state index contributed by atoms with van der Waals surface area (Å²) < 4.78 is 5.70. The zero-order valence-electron chi connectivity index (χ0n) is 21.5. The topological polar surface area (TPSA) is 99.7 Å². The van der Waals surface area contributed by atoms with Crippen LogP contribution in [0.3, 0.4) is 0 Å². The van der Waals surface area contributed by atoms with E-state index in [1.54, 1.807) is 17.4 Å². The van der Waals surface area contributed by atoms with Gasteiger partial charge in [0.05, 0.1) is 5.56 Å². The van der Waals surface area contributed by atoms with Crippen LogP contribution < -0.4 is 16.0 Å². The average Bonchev–Trinajstić information content (AvgIpc) is 3.39. The molecule has 0 bridgehead atoms. The Morgan fingerprint density at radius 2 is 1.84 bits per heavy atom. The predicted molar refractivity (Wildman–Crippen MR) is 149 cm³/mol. The van der Waals surface area contributed by atoms with Crippen LogP contribution in [0.1, 0.15) is 70.4 Å². The summed E-state index contributed by atoms with van der Waals surface area (Å²) in [4.78, 5) is 29.6. The molecule has 1 aromatic carbocycles. The summed E-state index contributed by atoms with van der Waals surface area (Å²) in [6.45, 7) is 7.54. The number of urea groups is 1. The number of carbonyl (C=O) groups excluding carboxylic acids is 2. The largest absolute Gasteiger partial charge is 0.507 e. The lowest BCUT2D eigenvalue weighted by molar-refractivity contribution is 0.00699. The Kier molecular flexibility index (Phi) is 7.29. The lowest BCUT2D eigenvalue weighted by atomic mass is 9.95. The van der Waals surface area contributed by atoms with Gasteiger partial charge in [-0.2, -0.15) is 0 Å². The number of anilines is 1. The third-order valence-electron chi connectivity index (χ3n) is 6.61. The molecule has 4 N–H and O–H groups in total. The first-order chi connectivity index (χ1) is 17.7. The van der Waals surface area contributed by atoms with Crippen LogP contribution in [0, 0.1) is 0 Å². The van der Waals surface area contributed by atoms with E-state index in [9.17, 15) is 14.7 Å². The molecule has 1 aliphatic carbocycles. The number of esters is 1. The predicted octanol–water partition coefficient (Wildman–Crippen LogP) is 5.98. The second kappa shape index (κ2) is 10.5. The monoisotopic (exact) mass is 539 g/mol. The fraction of sp³-hybridized carbons (Fsp3) is 0.429. The molecule has 0 unspecified atom stereocenters. The minimum Gasteiger partial charge on any atom is -0.507 e. The van der Waals surface area contributed by atoms with Crippen molar-refractivity contribution in [2.24, 2.45) is 0 Å². The molecule has 5 rings (SSSR count). The number of hydrogen-bond donors (Lipinski definition) is 4. The number of rotatable bonds is 5. The molecule has 3 aromatic rings. The molecule has 2 amide bonds. The van der Waals surface area contributed by atoms with Crippen molar-refractivity contribution in [3.05, 3.63) is 56.3 Å². The third-order valence-corrected chi connectivity index (χ3v) is 9.13. The number of para-hydroxylation sites is 1. The fourth-order valence-corrected chi connectivity index (χ4v) is 7.63. The summed E-state index contributed by atoms with van der Waals surface area (Å²) in [5.74, 6) is -0.158. The summed E-state index contributed by atoms with van der Waals surface area (Å²) in [7, 11) is 0. The van der Waals surface area contributed by atoms with Crippen molar-refractivity contribution in [2.45, 2.75) is 71.6 Å². The van der Waals surface area contributed by atoms with E-state index in [-0.39, 0.29) is 17.7 Å². The second-order valence-electron chi connectivity index (χ2n) is 10.5. The molecule has 2 aliphatic rings. The Morgan fingerprint density at radius 3 is 2.62 bits per heavy atom. The highest BCUT2D eigenvalue weighted by atomic mass is 32.1. The van der Waals surface area contributed by atoms with E-state index in [4.69, 9.17) is 4.74 Å². The van der Waals surface area contributed by atoms with Crippen LogP contribution in [0.25, 0.3) is 10.4 Å². The maximum atomic E-state index is 13.1. The highest BCUT2D eigenvalue weighted by Crippen LogP contribution is 2.42. The molecule has 0 saturated carbocycles. The lowest BCUT2D eigenvalue weighted by Gasteiger charge is -2.21. The first-order valence-corrected chi connectivity index (χ1v) is 14.4. The molecule has 37 heavy (non-hydrogen) atoms. The number of benzene rings is 1. The summed E-state index contributed by atoms with van der Waals surface area (Å²) in [5.41, 5.74) is 3.95. The van der Waals surface area contributed by atoms with Crippen molar-refractivity contribution in [3.8, 4) is 16.2 Å². The molecule has 196 valence electrons. The van der Waals surface area contributed by atoms with E-state index in [1.165, 1.54) is 21.8 Å². The van der Waals surface area contributed by atoms with E-state index in [0.29, 0.717) is 17.1 Å². The van der Waals surface area contributed by atoms with E-state index >= 15 is 0 Å². The van der Waals surface area contributed by atoms with Crippen LogP contribution in [0.15, 0.2) is 24.3 Å². The molecule has 2 aromatic heterocycles. The van der Waals surface area contributed by atoms with Crippen molar-refractivity contribution < 1.29 is 19.4 Å². The number of hydrogen-bond acceptors (Lipinski definition) is 7. The summed E-state index contributed by atoms with van der Waals surface area (Å²) in [6.07, 6.45) is 4.72. The van der Waals surface area contributed by atoms with E-state index in [2.05, 4.69) is 16.0 Å². The van der Waals surface area contributed by atoms with Crippen LogP contribution in [0.2, 0.25) is 0 Å². The third kappa shape index (κ3) is 5.54. The Hall–Kier alpha value is -2.88. The fourth-order valence-electron chi connectivity index (χ4n) is 4.99. The van der Waals surface area contributed by atoms with Crippen LogP contribution in [-0.4, -0.2) is 29.3 Å². The second-order valence-corrected chi connectivity index (χ2v) is 12.7. The molecule has 0 radical (unpaired) electrons. The smallest absolute Gasteiger partial charge is 0.341 e. The van der Waals surface area contributed by atoms with Crippen molar-refractivity contribution in [1.82, 2.24) is 10.6 Å². The zero-order valence-corrected chi connectivity index (χ0v) is 23.1. The zero-order chi connectivity index (χ0) is 26.2. The van der Waals surface area contributed by atoms with Gasteiger partial charge in [-0.25, -0.2) is 9.59 Å². The van der Waals surface area contributed by atoms with Crippen LogP contribution >= 0.6 is 22.7 Å². The van der Waals surface area contributed by atoms with Gasteiger partial charge in [-0.3, -0.25) is 5.32 Å². The number of phenolic OH excluding ortho intramolecular Hbond substituents is 1. The lowest BCUT2D eigenvalue weighted by Crippen LogP contribution is -2.30. The number of nitrogens with one attached hydrogen (secondary N) is 3. The first-order valence-electron chi connectivity index (χ1n) is 12.8. The van der Waals surface area contributed by atoms with E-state index in [0.717, 1.165) is 71.6 Å². The summed E-state index contributed by atoms with van der Waals surface area (Å²) >= 11 is 3.14. The van der Waals surface area contributed by atoms with Gasteiger partial charge >= 0.3 is 12.0 Å². The van der Waals surface area contributed by atoms with Gasteiger partial charge in [0, 0.05) is 33.3 Å². The molecule has 3 heterocycles. The molecule has 9 heteroatoms. The van der Waals surface area contributed by atoms with Gasteiger partial charge in [0.1, 0.15) is 16.4 Å². The Labute approximate surface area is 225 Å². The Bertz CT molecular complexity index is 1340. The number of amides is 2. The molecule has 7 nitrogen and oxygen atoms in total.